The van der Waals surface area contributed by atoms with Crippen LogP contribution in [0.5, 0.6) is 0 Å². The molecule has 0 saturated heterocycles. The van der Waals surface area contributed by atoms with Crippen molar-refractivity contribution in [2.75, 3.05) is 11.5 Å². The number of benzene rings is 1. The molecule has 0 bridgehead atoms. The number of halogens is 2. The van der Waals surface area contributed by atoms with Crippen molar-refractivity contribution >= 4 is 17.5 Å². The van der Waals surface area contributed by atoms with Crippen molar-refractivity contribution in [3.8, 4) is 0 Å². The van der Waals surface area contributed by atoms with E-state index in [1.807, 2.05) is 0 Å². The van der Waals surface area contributed by atoms with Crippen molar-refractivity contribution in [1.29, 1.82) is 0 Å². The smallest absolute Gasteiger partial charge is 0.178 e. The summed E-state index contributed by atoms with van der Waals surface area (Å²) in [6.07, 6.45) is 2.06. The quantitative estimate of drug-likeness (QED) is 0.561. The van der Waals surface area contributed by atoms with Gasteiger partial charge in [0.25, 0.3) is 0 Å². The van der Waals surface area contributed by atoms with Crippen LogP contribution in [0.15, 0.2) is 18.2 Å². The van der Waals surface area contributed by atoms with Crippen LogP contribution in [0.25, 0.3) is 0 Å². The summed E-state index contributed by atoms with van der Waals surface area (Å²) in [5, 5.41) is 0. The molecule has 1 aromatic rings. The number of hydrogen-bond donors (Lipinski definition) is 0. The maximum atomic E-state index is 13.2. The third kappa shape index (κ3) is 3.59. The SMILES string of the molecule is CCCCSCC(=O)c1c(F)cccc1F. The predicted octanol–water partition coefficient (Wildman–Crippen LogP) is 3.68. The van der Waals surface area contributed by atoms with Gasteiger partial charge < -0.3 is 0 Å². The summed E-state index contributed by atoms with van der Waals surface area (Å²) < 4.78 is 26.4. The van der Waals surface area contributed by atoms with Crippen LogP contribution >= 0.6 is 11.8 Å². The number of thioether (sulfide) groups is 1. The van der Waals surface area contributed by atoms with E-state index in [1.165, 1.54) is 17.8 Å². The topological polar surface area (TPSA) is 17.1 Å². The minimum Gasteiger partial charge on any atom is -0.293 e. The van der Waals surface area contributed by atoms with Gasteiger partial charge in [-0.1, -0.05) is 19.4 Å². The lowest BCUT2D eigenvalue weighted by Crippen LogP contribution is -2.08. The van der Waals surface area contributed by atoms with Crippen LogP contribution in [0.2, 0.25) is 0 Å². The zero-order chi connectivity index (χ0) is 12.0. The fourth-order valence-corrected chi connectivity index (χ4v) is 2.21. The van der Waals surface area contributed by atoms with Crippen LogP contribution in [0.3, 0.4) is 0 Å². The van der Waals surface area contributed by atoms with Crippen molar-refractivity contribution in [2.24, 2.45) is 0 Å². The second-order valence-corrected chi connectivity index (χ2v) is 4.53. The second-order valence-electron chi connectivity index (χ2n) is 3.43. The predicted molar refractivity (Wildman–Crippen MR) is 62.9 cm³/mol. The first-order valence-corrected chi connectivity index (χ1v) is 6.37. The van der Waals surface area contributed by atoms with Gasteiger partial charge in [0.1, 0.15) is 11.6 Å². The number of unbranched alkanes of at least 4 members (excludes halogenated alkanes) is 1. The standard InChI is InChI=1S/C12H14F2OS/c1-2-3-7-16-8-11(15)12-9(13)5-4-6-10(12)14/h4-6H,2-3,7-8H2,1H3. The maximum absolute atomic E-state index is 13.2. The molecule has 1 nitrogen and oxygen atoms in total. The van der Waals surface area contributed by atoms with Crippen LogP contribution in [-0.2, 0) is 0 Å². The molecule has 0 amide bonds. The van der Waals surface area contributed by atoms with Gasteiger partial charge in [0.05, 0.1) is 11.3 Å². The van der Waals surface area contributed by atoms with E-state index in [0.29, 0.717) is 0 Å². The molecule has 16 heavy (non-hydrogen) atoms. The van der Waals surface area contributed by atoms with Crippen LogP contribution in [0, 0.1) is 11.6 Å². The molecule has 0 unspecified atom stereocenters. The van der Waals surface area contributed by atoms with Crippen molar-refractivity contribution in [3.05, 3.63) is 35.4 Å². The van der Waals surface area contributed by atoms with Crippen LogP contribution in [-0.4, -0.2) is 17.3 Å². The highest BCUT2D eigenvalue weighted by atomic mass is 32.2. The van der Waals surface area contributed by atoms with E-state index in [2.05, 4.69) is 6.92 Å². The third-order valence-corrected chi connectivity index (χ3v) is 3.16. The Morgan fingerprint density at radius 1 is 1.31 bits per heavy atom. The highest BCUT2D eigenvalue weighted by Crippen LogP contribution is 2.15. The van der Waals surface area contributed by atoms with Crippen molar-refractivity contribution in [2.45, 2.75) is 19.8 Å². The normalized spacial score (nSPS) is 10.4. The Morgan fingerprint density at radius 3 is 2.50 bits per heavy atom. The van der Waals surface area contributed by atoms with E-state index in [-0.39, 0.29) is 5.75 Å². The monoisotopic (exact) mass is 244 g/mol. The number of Topliss-reactive ketones (excluding diaryl/α,β-unsaturated/α-hetero) is 1. The minimum absolute atomic E-state index is 0.137. The van der Waals surface area contributed by atoms with E-state index >= 15 is 0 Å². The summed E-state index contributed by atoms with van der Waals surface area (Å²) in [7, 11) is 0. The molecule has 88 valence electrons. The first-order valence-electron chi connectivity index (χ1n) is 5.21. The summed E-state index contributed by atoms with van der Waals surface area (Å²) in [5.74, 6) is -1.05. The number of hydrogen-bond acceptors (Lipinski definition) is 2. The molecule has 1 rings (SSSR count). The molecule has 0 aliphatic rings. The Balaban J connectivity index is 2.59. The molecule has 0 atom stereocenters. The summed E-state index contributed by atoms with van der Waals surface area (Å²) in [5.41, 5.74) is -0.411. The van der Waals surface area contributed by atoms with Gasteiger partial charge in [0, 0.05) is 0 Å². The summed E-state index contributed by atoms with van der Waals surface area (Å²) in [6.45, 7) is 2.05. The molecule has 0 heterocycles. The van der Waals surface area contributed by atoms with Gasteiger partial charge in [0.2, 0.25) is 0 Å². The largest absolute Gasteiger partial charge is 0.293 e. The Labute approximate surface area is 98.2 Å². The molecule has 0 aromatic heterocycles. The minimum atomic E-state index is -0.777. The van der Waals surface area contributed by atoms with Crippen LogP contribution < -0.4 is 0 Å². The average Bonchev–Trinajstić information content (AvgIpc) is 2.24. The Morgan fingerprint density at radius 2 is 1.94 bits per heavy atom. The van der Waals surface area contributed by atoms with Gasteiger partial charge in [0.15, 0.2) is 5.78 Å². The number of carbonyl (C=O) groups excluding carboxylic acids is 1. The van der Waals surface area contributed by atoms with Gasteiger partial charge in [-0.25, -0.2) is 8.78 Å². The lowest BCUT2D eigenvalue weighted by atomic mass is 10.1. The van der Waals surface area contributed by atoms with Gasteiger partial charge in [-0.3, -0.25) is 4.79 Å². The fourth-order valence-electron chi connectivity index (χ4n) is 1.25. The number of rotatable bonds is 6. The van der Waals surface area contributed by atoms with E-state index in [9.17, 15) is 13.6 Å². The lowest BCUT2D eigenvalue weighted by molar-refractivity contribution is 0.101. The highest BCUT2D eigenvalue weighted by Gasteiger charge is 2.16. The molecule has 1 aromatic carbocycles. The van der Waals surface area contributed by atoms with Gasteiger partial charge in [-0.05, 0) is 24.3 Å². The second kappa shape index (κ2) is 6.63. The highest BCUT2D eigenvalue weighted by molar-refractivity contribution is 7.99. The van der Waals surface area contributed by atoms with Crippen molar-refractivity contribution in [1.82, 2.24) is 0 Å². The first-order chi connectivity index (χ1) is 7.66. The van der Waals surface area contributed by atoms with Gasteiger partial charge >= 0.3 is 0 Å². The molecule has 0 N–H and O–H groups in total. The summed E-state index contributed by atoms with van der Waals surface area (Å²) >= 11 is 1.42. The third-order valence-electron chi connectivity index (χ3n) is 2.12. The van der Waals surface area contributed by atoms with E-state index in [1.54, 1.807) is 0 Å². The molecule has 0 spiro atoms. The molecule has 0 radical (unpaired) electrons. The maximum Gasteiger partial charge on any atom is 0.178 e. The molecule has 4 heteroatoms. The Bertz CT molecular complexity index is 346. The molecule has 0 fully saturated rings. The molecular weight excluding hydrogens is 230 g/mol. The lowest BCUT2D eigenvalue weighted by Gasteiger charge is -2.03. The number of carbonyl (C=O) groups is 1. The average molecular weight is 244 g/mol. The molecular formula is C12H14F2OS. The van der Waals surface area contributed by atoms with Crippen molar-refractivity contribution < 1.29 is 13.6 Å². The van der Waals surface area contributed by atoms with E-state index in [4.69, 9.17) is 0 Å². The molecule has 0 aliphatic heterocycles. The van der Waals surface area contributed by atoms with E-state index < -0.39 is 23.0 Å². The van der Waals surface area contributed by atoms with Gasteiger partial charge in [-0.2, -0.15) is 11.8 Å². The summed E-state index contributed by atoms with van der Waals surface area (Å²) in [4.78, 5) is 11.5. The Kier molecular flexibility index (Phi) is 5.46. The molecule has 0 saturated carbocycles. The van der Waals surface area contributed by atoms with Gasteiger partial charge in [-0.15, -0.1) is 0 Å². The summed E-state index contributed by atoms with van der Waals surface area (Å²) in [6, 6.07) is 3.46. The van der Waals surface area contributed by atoms with Crippen molar-refractivity contribution in [3.63, 3.8) is 0 Å². The van der Waals surface area contributed by atoms with Crippen LogP contribution in [0.4, 0.5) is 8.78 Å². The number of ketones is 1. The first kappa shape index (κ1) is 13.2. The van der Waals surface area contributed by atoms with Crippen LogP contribution in [0.1, 0.15) is 30.1 Å². The zero-order valence-corrected chi connectivity index (χ0v) is 9.95. The molecule has 0 aliphatic carbocycles. The zero-order valence-electron chi connectivity index (χ0n) is 9.13. The Hall–Kier alpha value is -0.900. The fraction of sp³-hybridized carbons (Fsp3) is 0.417. The van der Waals surface area contributed by atoms with E-state index in [0.717, 1.165) is 30.7 Å².